The second-order valence-electron chi connectivity index (χ2n) is 14.7. The van der Waals surface area contributed by atoms with Gasteiger partial charge in [0.1, 0.15) is 11.5 Å². The zero-order chi connectivity index (χ0) is 45.6. The smallest absolute Gasteiger partial charge is 0.545 e. The number of aromatic amines is 2. The first kappa shape index (κ1) is 48.0. The monoisotopic (exact) mass is 886 g/mol. The summed E-state index contributed by atoms with van der Waals surface area (Å²) in [5, 5.41) is 53.6. The average molecular weight is 887 g/mol. The van der Waals surface area contributed by atoms with Crippen molar-refractivity contribution in [3.63, 3.8) is 0 Å². The number of fused-ring (bicyclic) bond motifs is 2. The van der Waals surface area contributed by atoms with Gasteiger partial charge in [0.2, 0.25) is 11.6 Å². The van der Waals surface area contributed by atoms with E-state index < -0.39 is 11.9 Å². The standard InChI is InChI=1S/2C25H19N5O3.2Li/c2*1-2-20-23(22(25(31)32)19-9-5-6-10-21(19)26-20)33-16-13-11-15(12-14-16)17-7-3-4-8-18(17)24-27-29-30-28-24;;/h2*3-14H,2H2,1H3,(H,31,32)(H,27,28,29,30);;/q;;2*+1/p-2. The molecule has 0 amide bonds. The largest absolute Gasteiger partial charge is 1.00 e. The molecule has 0 aliphatic rings. The van der Waals surface area contributed by atoms with Gasteiger partial charge in [-0.3, -0.25) is 0 Å². The number of hydrogen-bond acceptors (Lipinski definition) is 14. The third-order valence-electron chi connectivity index (χ3n) is 10.7. The van der Waals surface area contributed by atoms with Gasteiger partial charge in [-0.05, 0) is 81.9 Å². The van der Waals surface area contributed by atoms with Crippen LogP contribution in [0.2, 0.25) is 0 Å². The van der Waals surface area contributed by atoms with Crippen LogP contribution in [0.5, 0.6) is 23.0 Å². The number of aromatic carboxylic acids is 2. The summed E-state index contributed by atoms with van der Waals surface area (Å²) >= 11 is 0. The van der Waals surface area contributed by atoms with Crippen molar-refractivity contribution < 1.29 is 67.0 Å². The molecule has 4 aromatic heterocycles. The van der Waals surface area contributed by atoms with E-state index in [2.05, 4.69) is 51.2 Å². The molecule has 0 saturated carbocycles. The Labute approximate surface area is 412 Å². The summed E-state index contributed by atoms with van der Waals surface area (Å²) in [5.41, 5.74) is 7.70. The molecule has 2 N–H and O–H groups in total. The number of H-pyrrole nitrogens is 2. The molecule has 0 aliphatic heterocycles. The van der Waals surface area contributed by atoms with E-state index in [9.17, 15) is 19.8 Å². The number of aromatic nitrogens is 10. The number of nitrogens with one attached hydrogen (secondary N) is 2. The first-order valence-corrected chi connectivity index (χ1v) is 20.8. The number of rotatable bonds is 12. The van der Waals surface area contributed by atoms with Crippen molar-refractivity contribution >= 4 is 33.7 Å². The fraction of sp³-hybridized carbons (Fsp3) is 0.0800. The van der Waals surface area contributed by atoms with Gasteiger partial charge in [-0.1, -0.05) is 123 Å². The second kappa shape index (κ2) is 21.5. The molecule has 6 aromatic carbocycles. The van der Waals surface area contributed by atoms with Crippen molar-refractivity contribution in [3.05, 3.63) is 168 Å². The minimum absolute atomic E-state index is 0. The molecule has 0 fully saturated rings. The Morgan fingerprint density at radius 1 is 0.485 bits per heavy atom. The molecule has 0 aliphatic carbocycles. The van der Waals surface area contributed by atoms with E-state index in [1.165, 1.54) is 0 Å². The molecule has 0 spiro atoms. The summed E-state index contributed by atoms with van der Waals surface area (Å²) < 4.78 is 12.1. The Morgan fingerprint density at radius 3 is 1.18 bits per heavy atom. The zero-order valence-electron chi connectivity index (χ0n) is 37.3. The third-order valence-corrected chi connectivity index (χ3v) is 10.7. The normalized spacial score (nSPS) is 10.6. The third kappa shape index (κ3) is 9.90. The Balaban J connectivity index is 0.000000196. The van der Waals surface area contributed by atoms with Gasteiger partial charge in [-0.2, -0.15) is 10.4 Å². The summed E-state index contributed by atoms with van der Waals surface area (Å²) in [6.07, 6.45) is 1.02. The molecule has 16 nitrogen and oxygen atoms in total. The summed E-state index contributed by atoms with van der Waals surface area (Å²) in [4.78, 5) is 33.3. The average Bonchev–Trinajstić information content (AvgIpc) is 4.11. The van der Waals surface area contributed by atoms with Gasteiger partial charge in [-0.25, -0.2) is 9.97 Å². The van der Waals surface area contributed by atoms with E-state index in [1.54, 1.807) is 60.7 Å². The first-order valence-electron chi connectivity index (χ1n) is 20.8. The SMILES string of the molecule is CCc1nc2ccccc2c(C(=O)[O-])c1Oc1ccc(-c2ccccc2-c2nn[nH]n2)cc1.CCc1nc2ccccc2c(C(=O)[O-])c1Oc1ccc(-c2ccccc2-c2nn[nH]n2)cc1.[Li+].[Li+]. The Morgan fingerprint density at radius 2 is 0.838 bits per heavy atom. The van der Waals surface area contributed by atoms with E-state index in [4.69, 9.17) is 9.47 Å². The zero-order valence-corrected chi connectivity index (χ0v) is 37.3. The summed E-state index contributed by atoms with van der Waals surface area (Å²) in [5.74, 6) is -0.214. The van der Waals surface area contributed by atoms with Gasteiger partial charge in [0.25, 0.3) is 0 Å². The fourth-order valence-electron chi connectivity index (χ4n) is 7.65. The van der Waals surface area contributed by atoms with Crippen LogP contribution in [-0.2, 0) is 12.8 Å². The van der Waals surface area contributed by atoms with Gasteiger partial charge < -0.3 is 29.3 Å². The first-order chi connectivity index (χ1) is 32.3. The Bertz CT molecular complexity index is 3130. The molecule has 68 heavy (non-hydrogen) atoms. The van der Waals surface area contributed by atoms with Gasteiger partial charge in [0, 0.05) is 21.9 Å². The molecule has 4 heterocycles. The molecule has 10 aromatic rings. The maximum absolute atomic E-state index is 12.0. The summed E-state index contributed by atoms with van der Waals surface area (Å²) in [6.45, 7) is 3.81. The van der Waals surface area contributed by atoms with E-state index in [0.717, 1.165) is 33.4 Å². The number of carbonyl (C=O) groups excluding carboxylic acids is 2. The molecule has 18 heteroatoms. The number of pyridine rings is 2. The van der Waals surface area contributed by atoms with Crippen LogP contribution in [0.3, 0.4) is 0 Å². The molecule has 0 atom stereocenters. The number of carbonyl (C=O) groups is 2. The van der Waals surface area contributed by atoms with E-state index in [1.807, 2.05) is 98.8 Å². The number of ether oxygens (including phenoxy) is 2. The topological polar surface area (TPSA) is 233 Å². The predicted molar refractivity (Wildman–Crippen MR) is 241 cm³/mol. The Hall–Kier alpha value is -7.99. The maximum Gasteiger partial charge on any atom is 1.00 e. The van der Waals surface area contributed by atoms with Crippen molar-refractivity contribution in [1.82, 2.24) is 51.2 Å². The van der Waals surface area contributed by atoms with Crippen LogP contribution < -0.4 is 57.4 Å². The molecule has 324 valence electrons. The molecular formula is C50H36Li2N10O6. The van der Waals surface area contributed by atoms with E-state index in [-0.39, 0.29) is 60.3 Å². The molecule has 0 saturated heterocycles. The van der Waals surface area contributed by atoms with Crippen molar-refractivity contribution in [1.29, 1.82) is 0 Å². The van der Waals surface area contributed by atoms with Crippen LogP contribution in [0, 0.1) is 0 Å². The number of tetrazole rings is 2. The quantitative estimate of drug-likeness (QED) is 0.166. The van der Waals surface area contributed by atoms with E-state index >= 15 is 0 Å². The Kier molecular flexibility index (Phi) is 15.2. The number of para-hydroxylation sites is 2. The molecule has 0 bridgehead atoms. The van der Waals surface area contributed by atoms with Gasteiger partial charge in [-0.15, -0.1) is 20.4 Å². The van der Waals surface area contributed by atoms with Crippen LogP contribution >= 0.6 is 0 Å². The summed E-state index contributed by atoms with van der Waals surface area (Å²) in [6, 6.07) is 44.3. The van der Waals surface area contributed by atoms with Crippen LogP contribution in [0.4, 0.5) is 0 Å². The van der Waals surface area contributed by atoms with Crippen molar-refractivity contribution in [2.24, 2.45) is 0 Å². The van der Waals surface area contributed by atoms with Crippen LogP contribution in [-0.4, -0.2) is 63.2 Å². The number of carboxylic acids is 2. The molecule has 0 unspecified atom stereocenters. The minimum atomic E-state index is -1.30. The van der Waals surface area contributed by atoms with Crippen molar-refractivity contribution in [2.45, 2.75) is 26.7 Å². The second-order valence-corrected chi connectivity index (χ2v) is 14.7. The molecular weight excluding hydrogens is 850 g/mol. The van der Waals surface area contributed by atoms with Crippen molar-refractivity contribution in [3.8, 4) is 68.0 Å². The fourth-order valence-corrected chi connectivity index (χ4v) is 7.65. The number of nitrogens with zero attached hydrogens (tertiary/aromatic N) is 8. The van der Waals surface area contributed by atoms with E-state index in [0.29, 0.717) is 69.2 Å². The van der Waals surface area contributed by atoms with Crippen LogP contribution in [0.25, 0.3) is 66.8 Å². The molecule has 10 rings (SSSR count). The number of aryl methyl sites for hydroxylation is 2. The number of carboxylic acid groups (broad SMARTS) is 2. The minimum Gasteiger partial charge on any atom is -0.545 e. The van der Waals surface area contributed by atoms with Gasteiger partial charge >= 0.3 is 37.7 Å². The van der Waals surface area contributed by atoms with Gasteiger partial charge in [0.15, 0.2) is 11.5 Å². The van der Waals surface area contributed by atoms with Crippen LogP contribution in [0.1, 0.15) is 46.0 Å². The molecule has 0 radical (unpaired) electrons. The van der Waals surface area contributed by atoms with Crippen molar-refractivity contribution in [2.75, 3.05) is 0 Å². The van der Waals surface area contributed by atoms with Crippen LogP contribution in [0.15, 0.2) is 146 Å². The van der Waals surface area contributed by atoms with Gasteiger partial charge in [0.05, 0.1) is 45.5 Å². The number of hydrogen-bond donors (Lipinski definition) is 2. The maximum atomic E-state index is 12.0. The summed E-state index contributed by atoms with van der Waals surface area (Å²) in [7, 11) is 0. The predicted octanol–water partition coefficient (Wildman–Crippen LogP) is 1.61. The number of benzene rings is 6.